The molecule has 7 heteroatoms. The predicted octanol–water partition coefficient (Wildman–Crippen LogP) is 3.54. The minimum atomic E-state index is -0.936. The second-order valence-electron chi connectivity index (χ2n) is 5.77. The second-order valence-corrected chi connectivity index (χ2v) is 6.97. The Morgan fingerprint density at radius 1 is 1.28 bits per heavy atom. The van der Waals surface area contributed by atoms with Crippen LogP contribution in [0.2, 0.25) is 0 Å². The van der Waals surface area contributed by atoms with Crippen molar-refractivity contribution in [2.24, 2.45) is 0 Å². The highest BCUT2D eigenvalue weighted by atomic mass is 32.1. The monoisotopic (exact) mass is 354 g/mol. The van der Waals surface area contributed by atoms with E-state index in [0.29, 0.717) is 27.7 Å². The number of carbonyl (C=O) groups is 2. The van der Waals surface area contributed by atoms with Gasteiger partial charge in [0, 0.05) is 17.1 Å². The average molecular weight is 354 g/mol. The lowest BCUT2D eigenvalue weighted by Crippen LogP contribution is -2.31. The van der Waals surface area contributed by atoms with Gasteiger partial charge in [-0.05, 0) is 30.7 Å². The van der Waals surface area contributed by atoms with Crippen molar-refractivity contribution in [1.29, 1.82) is 0 Å². The number of aryl methyl sites for hydroxylation is 1. The van der Waals surface area contributed by atoms with Gasteiger partial charge in [0.25, 0.3) is 5.91 Å². The van der Waals surface area contributed by atoms with Gasteiger partial charge in [-0.25, -0.2) is 4.98 Å². The van der Waals surface area contributed by atoms with E-state index in [1.807, 2.05) is 6.92 Å². The Morgan fingerprint density at radius 3 is 2.80 bits per heavy atom. The third-order valence-corrected chi connectivity index (χ3v) is 5.23. The zero-order valence-electron chi connectivity index (χ0n) is 13.3. The summed E-state index contributed by atoms with van der Waals surface area (Å²) in [5.41, 5.74) is 1.62. The van der Waals surface area contributed by atoms with Crippen molar-refractivity contribution in [3.8, 4) is 10.8 Å². The number of aromatic nitrogens is 1. The highest BCUT2D eigenvalue weighted by molar-refractivity contribution is 7.15. The molecule has 1 amide bonds. The molecule has 126 valence electrons. The molecule has 0 spiro atoms. The molecule has 2 aromatic heterocycles. The zero-order chi connectivity index (χ0) is 17.6. The number of carboxylic acids is 1. The maximum Gasteiger partial charge on any atom is 0.312 e. The van der Waals surface area contributed by atoms with Gasteiger partial charge in [-0.1, -0.05) is 18.2 Å². The Balaban J connectivity index is 1.72. The van der Waals surface area contributed by atoms with Crippen LogP contribution in [0.4, 0.5) is 5.69 Å². The van der Waals surface area contributed by atoms with E-state index in [-0.39, 0.29) is 12.5 Å². The number of hydrogen-bond acceptors (Lipinski definition) is 5. The summed E-state index contributed by atoms with van der Waals surface area (Å²) >= 11 is 1.38. The lowest BCUT2D eigenvalue weighted by molar-refractivity contribution is -0.138. The molecule has 1 N–H and O–H groups in total. The van der Waals surface area contributed by atoms with E-state index in [9.17, 15) is 14.7 Å². The molecule has 1 unspecified atom stereocenters. The molecule has 4 rings (SSSR count). The zero-order valence-corrected chi connectivity index (χ0v) is 14.1. The SMILES string of the molecule is Cc1sc(-c2ccco2)nc1C(=O)N1CC(C(=O)O)c2ccccc21. The summed E-state index contributed by atoms with van der Waals surface area (Å²) in [5.74, 6) is -1.34. The van der Waals surface area contributed by atoms with Gasteiger partial charge in [0.15, 0.2) is 10.8 Å². The number of amides is 1. The van der Waals surface area contributed by atoms with E-state index in [1.54, 1.807) is 42.7 Å². The number of carboxylic acid groups (broad SMARTS) is 1. The number of nitrogens with zero attached hydrogens (tertiary/aromatic N) is 2. The van der Waals surface area contributed by atoms with Crippen LogP contribution < -0.4 is 4.90 Å². The number of anilines is 1. The fourth-order valence-electron chi connectivity index (χ4n) is 3.04. The van der Waals surface area contributed by atoms with Gasteiger partial charge in [-0.2, -0.15) is 0 Å². The van der Waals surface area contributed by atoms with Crippen molar-refractivity contribution in [2.75, 3.05) is 11.4 Å². The average Bonchev–Trinajstić information content (AvgIpc) is 3.32. The highest BCUT2D eigenvalue weighted by Gasteiger charge is 2.37. The summed E-state index contributed by atoms with van der Waals surface area (Å²) in [6.45, 7) is 1.94. The molecule has 3 heterocycles. The summed E-state index contributed by atoms with van der Waals surface area (Å²) in [5, 5.41) is 10.1. The van der Waals surface area contributed by atoms with Crippen molar-refractivity contribution in [3.63, 3.8) is 0 Å². The van der Waals surface area contributed by atoms with Crippen LogP contribution >= 0.6 is 11.3 Å². The predicted molar refractivity (Wildman–Crippen MR) is 93.0 cm³/mol. The highest BCUT2D eigenvalue weighted by Crippen LogP contribution is 2.38. The molecule has 1 atom stereocenters. The number of hydrogen-bond donors (Lipinski definition) is 1. The summed E-state index contributed by atoms with van der Waals surface area (Å²) in [7, 11) is 0. The van der Waals surface area contributed by atoms with Crippen molar-refractivity contribution < 1.29 is 19.1 Å². The quantitative estimate of drug-likeness (QED) is 0.778. The molecule has 25 heavy (non-hydrogen) atoms. The van der Waals surface area contributed by atoms with Crippen LogP contribution in [0.1, 0.15) is 26.8 Å². The van der Waals surface area contributed by atoms with Crippen LogP contribution in [0, 0.1) is 6.92 Å². The molecular formula is C18H14N2O4S. The summed E-state index contributed by atoms with van der Waals surface area (Å²) in [4.78, 5) is 31.3. The van der Waals surface area contributed by atoms with Crippen LogP contribution in [0.25, 0.3) is 10.8 Å². The van der Waals surface area contributed by atoms with Crippen LogP contribution in [0.15, 0.2) is 47.1 Å². The first-order valence-electron chi connectivity index (χ1n) is 7.71. The number of benzene rings is 1. The third kappa shape index (κ3) is 2.53. The van der Waals surface area contributed by atoms with Crippen molar-refractivity contribution in [3.05, 3.63) is 58.8 Å². The minimum absolute atomic E-state index is 0.112. The first-order chi connectivity index (χ1) is 12.1. The lowest BCUT2D eigenvalue weighted by Gasteiger charge is -2.16. The van der Waals surface area contributed by atoms with E-state index in [0.717, 1.165) is 4.88 Å². The molecule has 0 radical (unpaired) electrons. The number of furan rings is 1. The minimum Gasteiger partial charge on any atom is -0.481 e. The first-order valence-corrected chi connectivity index (χ1v) is 8.53. The van der Waals surface area contributed by atoms with Gasteiger partial charge in [0.05, 0.1) is 6.26 Å². The Hall–Kier alpha value is -2.93. The number of carbonyl (C=O) groups excluding carboxylic acids is 1. The number of aliphatic carboxylic acids is 1. The summed E-state index contributed by atoms with van der Waals surface area (Å²) < 4.78 is 5.34. The van der Waals surface area contributed by atoms with Crippen LogP contribution in [-0.4, -0.2) is 28.5 Å². The van der Waals surface area contributed by atoms with Gasteiger partial charge in [0.2, 0.25) is 0 Å². The van der Waals surface area contributed by atoms with Crippen molar-refractivity contribution in [1.82, 2.24) is 4.98 Å². The Labute approximate surface area is 147 Å². The molecule has 0 saturated carbocycles. The van der Waals surface area contributed by atoms with E-state index >= 15 is 0 Å². The fraction of sp³-hybridized carbons (Fsp3) is 0.167. The van der Waals surface area contributed by atoms with Gasteiger partial charge in [-0.15, -0.1) is 11.3 Å². The molecule has 3 aromatic rings. The topological polar surface area (TPSA) is 83.6 Å². The number of para-hydroxylation sites is 1. The van der Waals surface area contributed by atoms with E-state index < -0.39 is 11.9 Å². The van der Waals surface area contributed by atoms with Crippen molar-refractivity contribution in [2.45, 2.75) is 12.8 Å². The van der Waals surface area contributed by atoms with Crippen LogP contribution in [0.3, 0.4) is 0 Å². The maximum absolute atomic E-state index is 13.0. The maximum atomic E-state index is 13.0. The molecule has 1 aliphatic rings. The number of thiazole rings is 1. The lowest BCUT2D eigenvalue weighted by atomic mass is 10.0. The largest absolute Gasteiger partial charge is 0.481 e. The molecular weight excluding hydrogens is 340 g/mol. The summed E-state index contributed by atoms with van der Waals surface area (Å²) in [6.07, 6.45) is 1.56. The standard InChI is InChI=1S/C18H14N2O4S/c1-10-15(19-16(25-10)14-7-4-8-24-14)17(21)20-9-12(18(22)23)11-5-2-3-6-13(11)20/h2-8,12H,9H2,1H3,(H,22,23). The van der Waals surface area contributed by atoms with Crippen LogP contribution in [-0.2, 0) is 4.79 Å². The fourth-order valence-corrected chi connectivity index (χ4v) is 3.91. The smallest absolute Gasteiger partial charge is 0.312 e. The molecule has 0 aliphatic carbocycles. The molecule has 0 bridgehead atoms. The Bertz CT molecular complexity index is 961. The molecule has 0 fully saturated rings. The van der Waals surface area contributed by atoms with E-state index in [4.69, 9.17) is 4.42 Å². The van der Waals surface area contributed by atoms with Crippen LogP contribution in [0.5, 0.6) is 0 Å². The van der Waals surface area contributed by atoms with Gasteiger partial charge in [-0.3, -0.25) is 9.59 Å². The van der Waals surface area contributed by atoms with Gasteiger partial charge in [0.1, 0.15) is 11.6 Å². The van der Waals surface area contributed by atoms with Gasteiger partial charge >= 0.3 is 5.97 Å². The van der Waals surface area contributed by atoms with E-state index in [2.05, 4.69) is 4.98 Å². The molecule has 1 aromatic carbocycles. The molecule has 0 saturated heterocycles. The van der Waals surface area contributed by atoms with Gasteiger partial charge < -0.3 is 14.4 Å². The normalized spacial score (nSPS) is 16.0. The Kier molecular flexibility index (Phi) is 3.65. The molecule has 6 nitrogen and oxygen atoms in total. The number of fused-ring (bicyclic) bond motifs is 1. The number of rotatable bonds is 3. The first kappa shape index (κ1) is 15.6. The Morgan fingerprint density at radius 2 is 2.08 bits per heavy atom. The summed E-state index contributed by atoms with van der Waals surface area (Å²) in [6, 6.07) is 10.7. The van der Waals surface area contributed by atoms with Crippen molar-refractivity contribution >= 4 is 28.9 Å². The second kappa shape index (κ2) is 5.86. The third-order valence-electron chi connectivity index (χ3n) is 4.24. The van der Waals surface area contributed by atoms with E-state index in [1.165, 1.54) is 16.2 Å². The molecule has 1 aliphatic heterocycles.